The Bertz CT molecular complexity index is 1100. The zero-order chi connectivity index (χ0) is 21.7. The summed E-state index contributed by atoms with van der Waals surface area (Å²) in [4.78, 5) is 35.3. The number of aryl methyl sites for hydroxylation is 1. The normalized spacial score (nSPS) is 10.7. The number of para-hydroxylation sites is 2. The van der Waals surface area contributed by atoms with Crippen molar-refractivity contribution in [2.75, 3.05) is 18.5 Å². The van der Waals surface area contributed by atoms with E-state index in [1.807, 2.05) is 13.0 Å². The molecule has 9 nitrogen and oxygen atoms in total. The molecular weight excluding hydrogens is 392 g/mol. The Kier molecular flexibility index (Phi) is 6.43. The van der Waals surface area contributed by atoms with Crippen LogP contribution in [-0.4, -0.2) is 30.0 Å². The Balaban J connectivity index is 1.73. The summed E-state index contributed by atoms with van der Waals surface area (Å²) in [6.45, 7) is 3.43. The van der Waals surface area contributed by atoms with Crippen LogP contribution in [0.3, 0.4) is 0 Å². The molecule has 1 aromatic heterocycles. The summed E-state index contributed by atoms with van der Waals surface area (Å²) in [6.07, 6.45) is 0. The summed E-state index contributed by atoms with van der Waals surface area (Å²) >= 11 is 0. The van der Waals surface area contributed by atoms with Gasteiger partial charge in [-0.3, -0.25) is 14.9 Å². The topological polar surface area (TPSA) is 121 Å². The summed E-state index contributed by atoms with van der Waals surface area (Å²) in [7, 11) is 0. The van der Waals surface area contributed by atoms with Crippen LogP contribution in [0, 0.1) is 17.0 Å². The Labute approximate surface area is 171 Å². The van der Waals surface area contributed by atoms with Gasteiger partial charge < -0.3 is 19.2 Å². The fourth-order valence-corrected chi connectivity index (χ4v) is 2.95. The van der Waals surface area contributed by atoms with Gasteiger partial charge in [0.1, 0.15) is 11.3 Å². The fraction of sp³-hybridized carbons (Fsp3) is 0.238. The number of hydrogen-bond acceptors (Lipinski definition) is 7. The quantitative estimate of drug-likeness (QED) is 0.337. The predicted molar refractivity (Wildman–Crippen MR) is 108 cm³/mol. The van der Waals surface area contributed by atoms with Crippen molar-refractivity contribution in [1.82, 2.24) is 0 Å². The van der Waals surface area contributed by atoms with E-state index < -0.39 is 23.4 Å². The predicted octanol–water partition coefficient (Wildman–Crippen LogP) is 3.98. The zero-order valence-corrected chi connectivity index (χ0v) is 16.5. The van der Waals surface area contributed by atoms with Gasteiger partial charge in [-0.25, -0.2) is 4.79 Å². The van der Waals surface area contributed by atoms with Crippen LogP contribution in [-0.2, 0) is 20.9 Å². The number of nitrogens with one attached hydrogen (secondary N) is 1. The maximum absolute atomic E-state index is 12.5. The van der Waals surface area contributed by atoms with E-state index >= 15 is 0 Å². The van der Waals surface area contributed by atoms with E-state index in [0.29, 0.717) is 23.3 Å². The lowest BCUT2D eigenvalue weighted by atomic mass is 10.1. The van der Waals surface area contributed by atoms with E-state index in [1.54, 1.807) is 31.2 Å². The number of benzene rings is 2. The molecule has 1 N–H and O–H groups in total. The first kappa shape index (κ1) is 21.0. The van der Waals surface area contributed by atoms with Crippen LogP contribution in [0.4, 0.5) is 11.4 Å². The number of nitro groups is 1. The summed E-state index contributed by atoms with van der Waals surface area (Å²) in [6, 6.07) is 11.5. The molecule has 156 valence electrons. The SMILES string of the molecule is CCOCc1c(C(=O)OCC(=O)Nc2c(C)cccc2[N+](=O)[O-])oc2ccccc12. The number of anilines is 1. The van der Waals surface area contributed by atoms with Gasteiger partial charge in [0.05, 0.1) is 11.5 Å². The van der Waals surface area contributed by atoms with Crippen LogP contribution in [0.15, 0.2) is 46.9 Å². The van der Waals surface area contributed by atoms with Gasteiger partial charge in [0.25, 0.3) is 11.6 Å². The minimum Gasteiger partial charge on any atom is -0.450 e. The van der Waals surface area contributed by atoms with E-state index in [2.05, 4.69) is 5.32 Å². The van der Waals surface area contributed by atoms with Crippen molar-refractivity contribution in [3.8, 4) is 0 Å². The second-order valence-corrected chi connectivity index (χ2v) is 6.39. The lowest BCUT2D eigenvalue weighted by Gasteiger charge is -2.09. The van der Waals surface area contributed by atoms with E-state index in [4.69, 9.17) is 13.9 Å². The van der Waals surface area contributed by atoms with Crippen molar-refractivity contribution in [2.24, 2.45) is 0 Å². The number of hydrogen-bond donors (Lipinski definition) is 1. The van der Waals surface area contributed by atoms with E-state index in [9.17, 15) is 19.7 Å². The molecule has 0 unspecified atom stereocenters. The van der Waals surface area contributed by atoms with Crippen molar-refractivity contribution in [1.29, 1.82) is 0 Å². The van der Waals surface area contributed by atoms with Crippen LogP contribution in [0.2, 0.25) is 0 Å². The van der Waals surface area contributed by atoms with E-state index in [-0.39, 0.29) is 23.7 Å². The van der Waals surface area contributed by atoms with Gasteiger partial charge in [-0.05, 0) is 25.5 Å². The highest BCUT2D eigenvalue weighted by molar-refractivity contribution is 5.99. The standard InChI is InChI=1S/C21H20N2O7/c1-3-28-11-15-14-8-4-5-10-17(14)30-20(15)21(25)29-12-18(24)22-19-13(2)7-6-9-16(19)23(26)27/h4-10H,3,11-12H2,1-2H3,(H,22,24). The molecule has 0 bridgehead atoms. The number of nitro benzene ring substituents is 1. The molecular formula is C21H20N2O7. The lowest BCUT2D eigenvalue weighted by Crippen LogP contribution is -2.22. The number of nitrogens with zero attached hydrogens (tertiary/aromatic N) is 1. The molecule has 0 spiro atoms. The van der Waals surface area contributed by atoms with Gasteiger partial charge in [0.15, 0.2) is 6.61 Å². The number of furan rings is 1. The van der Waals surface area contributed by atoms with Gasteiger partial charge in [0, 0.05) is 23.6 Å². The van der Waals surface area contributed by atoms with Crippen LogP contribution in [0.1, 0.15) is 28.6 Å². The third-order valence-electron chi connectivity index (χ3n) is 4.38. The second kappa shape index (κ2) is 9.19. The average Bonchev–Trinajstić information content (AvgIpc) is 3.10. The molecule has 3 rings (SSSR count). The smallest absolute Gasteiger partial charge is 0.375 e. The van der Waals surface area contributed by atoms with Gasteiger partial charge in [-0.15, -0.1) is 0 Å². The summed E-state index contributed by atoms with van der Waals surface area (Å²) < 4.78 is 16.1. The van der Waals surface area contributed by atoms with Crippen molar-refractivity contribution >= 4 is 34.2 Å². The molecule has 0 fully saturated rings. The third kappa shape index (κ3) is 4.47. The fourth-order valence-electron chi connectivity index (χ4n) is 2.95. The van der Waals surface area contributed by atoms with Crippen molar-refractivity contribution in [3.63, 3.8) is 0 Å². The molecule has 0 saturated carbocycles. The first-order chi connectivity index (χ1) is 14.4. The van der Waals surface area contributed by atoms with Gasteiger partial charge in [-0.1, -0.05) is 30.3 Å². The van der Waals surface area contributed by atoms with Crippen LogP contribution < -0.4 is 5.32 Å². The molecule has 30 heavy (non-hydrogen) atoms. The first-order valence-electron chi connectivity index (χ1n) is 9.21. The maximum Gasteiger partial charge on any atom is 0.375 e. The Hall–Kier alpha value is -3.72. The second-order valence-electron chi connectivity index (χ2n) is 6.39. The minimum absolute atomic E-state index is 0.0423. The number of esters is 1. The van der Waals surface area contributed by atoms with Gasteiger partial charge in [0.2, 0.25) is 5.76 Å². The van der Waals surface area contributed by atoms with E-state index in [0.717, 1.165) is 5.39 Å². The summed E-state index contributed by atoms with van der Waals surface area (Å²) in [5.74, 6) is -1.57. The van der Waals surface area contributed by atoms with Crippen molar-refractivity contribution in [3.05, 3.63) is 69.5 Å². The monoisotopic (exact) mass is 412 g/mol. The Morgan fingerprint density at radius 3 is 2.67 bits per heavy atom. The molecule has 9 heteroatoms. The van der Waals surface area contributed by atoms with Gasteiger partial charge in [-0.2, -0.15) is 0 Å². The number of fused-ring (bicyclic) bond motifs is 1. The Morgan fingerprint density at radius 1 is 1.17 bits per heavy atom. The van der Waals surface area contributed by atoms with Crippen molar-refractivity contribution < 1.29 is 28.4 Å². The average molecular weight is 412 g/mol. The number of ether oxygens (including phenoxy) is 2. The Morgan fingerprint density at radius 2 is 1.93 bits per heavy atom. The number of amides is 1. The highest BCUT2D eigenvalue weighted by Gasteiger charge is 2.23. The van der Waals surface area contributed by atoms with Crippen LogP contribution in [0.5, 0.6) is 0 Å². The molecule has 0 radical (unpaired) electrons. The van der Waals surface area contributed by atoms with Gasteiger partial charge >= 0.3 is 5.97 Å². The third-order valence-corrected chi connectivity index (χ3v) is 4.38. The zero-order valence-electron chi connectivity index (χ0n) is 16.5. The summed E-state index contributed by atoms with van der Waals surface area (Å²) in [5, 5.41) is 14.3. The van der Waals surface area contributed by atoms with Crippen molar-refractivity contribution in [2.45, 2.75) is 20.5 Å². The van der Waals surface area contributed by atoms with Crippen LogP contribution in [0.25, 0.3) is 11.0 Å². The molecule has 1 amide bonds. The number of rotatable bonds is 8. The molecule has 3 aromatic rings. The highest BCUT2D eigenvalue weighted by atomic mass is 16.6. The number of carbonyl (C=O) groups excluding carboxylic acids is 2. The largest absolute Gasteiger partial charge is 0.450 e. The maximum atomic E-state index is 12.5. The molecule has 1 heterocycles. The number of carbonyl (C=O) groups is 2. The molecule has 0 aliphatic heterocycles. The summed E-state index contributed by atoms with van der Waals surface area (Å²) in [5.41, 5.74) is 1.36. The van der Waals surface area contributed by atoms with E-state index in [1.165, 1.54) is 12.1 Å². The van der Waals surface area contributed by atoms with Crippen LogP contribution >= 0.6 is 0 Å². The lowest BCUT2D eigenvalue weighted by molar-refractivity contribution is -0.384. The molecule has 0 aliphatic rings. The highest BCUT2D eigenvalue weighted by Crippen LogP contribution is 2.28. The minimum atomic E-state index is -0.824. The first-order valence-corrected chi connectivity index (χ1v) is 9.21. The molecule has 2 aromatic carbocycles. The molecule has 0 atom stereocenters. The molecule has 0 aliphatic carbocycles. The molecule has 0 saturated heterocycles.